The number of halogens is 1. The number of pyridine rings is 1. The molecule has 0 unspecified atom stereocenters. The summed E-state index contributed by atoms with van der Waals surface area (Å²) in [6.45, 7) is 0. The number of carbonyl (C=O) groups excluding carboxylic acids is 1. The zero-order chi connectivity index (χ0) is 16.2. The molecule has 1 N–H and O–H groups in total. The lowest BCUT2D eigenvalue weighted by Crippen LogP contribution is -2.13. The molecule has 0 radical (unpaired) electrons. The average molecular weight is 329 g/mol. The van der Waals surface area contributed by atoms with Crippen LogP contribution in [0.2, 0.25) is 0 Å². The van der Waals surface area contributed by atoms with Crippen LogP contribution in [-0.4, -0.2) is 23.0 Å². The van der Waals surface area contributed by atoms with Crippen molar-refractivity contribution < 1.29 is 13.9 Å². The van der Waals surface area contributed by atoms with Crippen molar-refractivity contribution in [3.63, 3.8) is 0 Å². The van der Waals surface area contributed by atoms with Crippen molar-refractivity contribution in [3.05, 3.63) is 59.5 Å². The fraction of sp³-hybridized carbons (Fsp3) is 0.0625. The van der Waals surface area contributed by atoms with E-state index in [4.69, 9.17) is 4.74 Å². The molecule has 5 nitrogen and oxygen atoms in total. The van der Waals surface area contributed by atoms with Crippen LogP contribution < -0.4 is 10.1 Å². The van der Waals surface area contributed by atoms with Crippen LogP contribution >= 0.6 is 11.3 Å². The number of hydrogen-bond acceptors (Lipinski definition) is 5. The van der Waals surface area contributed by atoms with E-state index in [9.17, 15) is 9.18 Å². The van der Waals surface area contributed by atoms with Crippen molar-refractivity contribution >= 4 is 22.4 Å². The number of ether oxygens (including phenoxy) is 1. The first-order chi connectivity index (χ1) is 11.2. The van der Waals surface area contributed by atoms with E-state index in [0.717, 1.165) is 0 Å². The quantitative estimate of drug-likeness (QED) is 0.794. The first-order valence-electron chi connectivity index (χ1n) is 6.69. The molecule has 0 fully saturated rings. The van der Waals surface area contributed by atoms with Crippen molar-refractivity contribution in [2.45, 2.75) is 0 Å². The number of methoxy groups -OCH3 is 1. The normalized spacial score (nSPS) is 10.3. The molecule has 0 bridgehead atoms. The highest BCUT2D eigenvalue weighted by Gasteiger charge is 2.13. The summed E-state index contributed by atoms with van der Waals surface area (Å²) in [5.41, 5.74) is 1.09. The van der Waals surface area contributed by atoms with E-state index in [1.54, 1.807) is 35.7 Å². The van der Waals surface area contributed by atoms with Crippen LogP contribution in [-0.2, 0) is 0 Å². The van der Waals surface area contributed by atoms with Gasteiger partial charge in [-0.3, -0.25) is 15.1 Å². The van der Waals surface area contributed by atoms with Gasteiger partial charge in [0.2, 0.25) is 0 Å². The molecule has 3 rings (SSSR count). The van der Waals surface area contributed by atoms with Crippen LogP contribution in [0.5, 0.6) is 5.75 Å². The van der Waals surface area contributed by atoms with Crippen LogP contribution in [0.15, 0.2) is 48.0 Å². The van der Waals surface area contributed by atoms with Gasteiger partial charge < -0.3 is 4.74 Å². The number of hydrogen-bond donors (Lipinski definition) is 1. The molecular weight excluding hydrogens is 317 g/mol. The summed E-state index contributed by atoms with van der Waals surface area (Å²) in [4.78, 5) is 20.2. The Kier molecular flexibility index (Phi) is 4.29. The van der Waals surface area contributed by atoms with Gasteiger partial charge in [-0.05, 0) is 24.3 Å². The van der Waals surface area contributed by atoms with Crippen LogP contribution in [0.3, 0.4) is 0 Å². The Bertz CT molecular complexity index is 836. The fourth-order valence-corrected chi connectivity index (χ4v) is 2.65. The standard InChI is InChI=1S/C16H12FN3O2S/c1-22-10-5-6-11(12(17)8-10)14-9-23-16(19-14)20-15(21)13-4-2-3-7-18-13/h2-9H,1H3,(H,19,20,21). The Balaban J connectivity index is 1.80. The average Bonchev–Trinajstić information content (AvgIpc) is 3.03. The molecular formula is C16H12FN3O2S. The molecule has 23 heavy (non-hydrogen) atoms. The largest absolute Gasteiger partial charge is 0.497 e. The lowest BCUT2D eigenvalue weighted by molar-refractivity contribution is 0.102. The highest BCUT2D eigenvalue weighted by Crippen LogP contribution is 2.29. The number of anilines is 1. The maximum Gasteiger partial charge on any atom is 0.276 e. The predicted molar refractivity (Wildman–Crippen MR) is 86.3 cm³/mol. The number of carbonyl (C=O) groups is 1. The SMILES string of the molecule is COc1ccc(-c2csc(NC(=O)c3ccccn3)n2)c(F)c1. The Morgan fingerprint density at radius 3 is 2.87 bits per heavy atom. The Hall–Kier alpha value is -2.80. The molecule has 0 aliphatic carbocycles. The first kappa shape index (κ1) is 15.1. The number of nitrogens with one attached hydrogen (secondary N) is 1. The third-order valence-corrected chi connectivity index (χ3v) is 3.83. The van der Waals surface area contributed by atoms with Crippen molar-refractivity contribution in [3.8, 4) is 17.0 Å². The topological polar surface area (TPSA) is 64.1 Å². The number of amides is 1. The summed E-state index contributed by atoms with van der Waals surface area (Å²) < 4.78 is 19.0. The van der Waals surface area contributed by atoms with E-state index in [2.05, 4.69) is 15.3 Å². The maximum atomic E-state index is 14.0. The summed E-state index contributed by atoms with van der Waals surface area (Å²) in [6, 6.07) is 9.60. The number of nitrogens with zero attached hydrogens (tertiary/aromatic N) is 2. The molecule has 0 spiro atoms. The van der Waals surface area contributed by atoms with Crippen molar-refractivity contribution in [2.24, 2.45) is 0 Å². The van der Waals surface area contributed by atoms with Gasteiger partial charge in [0.1, 0.15) is 17.3 Å². The summed E-state index contributed by atoms with van der Waals surface area (Å²) in [5, 5.41) is 4.71. The molecule has 1 aromatic carbocycles. The lowest BCUT2D eigenvalue weighted by Gasteiger charge is -2.03. The minimum atomic E-state index is -0.433. The number of aromatic nitrogens is 2. The summed E-state index contributed by atoms with van der Waals surface area (Å²) in [7, 11) is 1.47. The van der Waals surface area contributed by atoms with E-state index in [1.807, 2.05) is 0 Å². The van der Waals surface area contributed by atoms with Crippen molar-refractivity contribution in [1.82, 2.24) is 9.97 Å². The Morgan fingerprint density at radius 1 is 1.30 bits per heavy atom. The first-order valence-corrected chi connectivity index (χ1v) is 7.57. The van der Waals surface area contributed by atoms with Crippen molar-refractivity contribution in [2.75, 3.05) is 12.4 Å². The number of benzene rings is 1. The monoisotopic (exact) mass is 329 g/mol. The number of rotatable bonds is 4. The highest BCUT2D eigenvalue weighted by molar-refractivity contribution is 7.14. The van der Waals surface area contributed by atoms with Gasteiger partial charge in [-0.25, -0.2) is 9.37 Å². The molecule has 2 aromatic heterocycles. The molecule has 116 valence electrons. The second-order valence-corrected chi connectivity index (χ2v) is 5.41. The fourth-order valence-electron chi connectivity index (χ4n) is 1.94. The van der Waals surface area contributed by atoms with Crippen molar-refractivity contribution in [1.29, 1.82) is 0 Å². The van der Waals surface area contributed by atoms with E-state index < -0.39 is 5.82 Å². The highest BCUT2D eigenvalue weighted by atomic mass is 32.1. The minimum Gasteiger partial charge on any atom is -0.497 e. The van der Waals surface area contributed by atoms with Gasteiger partial charge in [0.15, 0.2) is 5.13 Å². The predicted octanol–water partition coefficient (Wildman–Crippen LogP) is 3.61. The van der Waals surface area contributed by atoms with Crippen LogP contribution in [0.1, 0.15) is 10.5 Å². The van der Waals surface area contributed by atoms with Gasteiger partial charge in [-0.2, -0.15) is 0 Å². The van der Waals surface area contributed by atoms with E-state index >= 15 is 0 Å². The Labute approximate surface area is 135 Å². The van der Waals surface area contributed by atoms with Crippen LogP contribution in [0.4, 0.5) is 9.52 Å². The van der Waals surface area contributed by atoms with Crippen LogP contribution in [0, 0.1) is 5.82 Å². The lowest BCUT2D eigenvalue weighted by atomic mass is 10.1. The summed E-state index contributed by atoms with van der Waals surface area (Å²) in [5.74, 6) is -0.357. The van der Waals surface area contributed by atoms with Gasteiger partial charge >= 0.3 is 0 Å². The summed E-state index contributed by atoms with van der Waals surface area (Å²) >= 11 is 1.22. The molecule has 0 aliphatic rings. The van der Waals surface area contributed by atoms with E-state index in [0.29, 0.717) is 27.8 Å². The summed E-state index contributed by atoms with van der Waals surface area (Å²) in [6.07, 6.45) is 1.54. The smallest absolute Gasteiger partial charge is 0.276 e. The van der Waals surface area contributed by atoms with Gasteiger partial charge in [0.05, 0.1) is 12.8 Å². The molecule has 0 saturated heterocycles. The molecule has 1 amide bonds. The van der Waals surface area contributed by atoms with Gasteiger partial charge in [-0.1, -0.05) is 6.07 Å². The molecule has 0 aliphatic heterocycles. The molecule has 3 aromatic rings. The number of thiazole rings is 1. The molecule has 0 saturated carbocycles. The second-order valence-electron chi connectivity index (χ2n) is 4.55. The maximum absolute atomic E-state index is 14.0. The molecule has 7 heteroatoms. The van der Waals surface area contributed by atoms with E-state index in [1.165, 1.54) is 30.7 Å². The van der Waals surface area contributed by atoms with Crippen LogP contribution in [0.25, 0.3) is 11.3 Å². The van der Waals surface area contributed by atoms with E-state index in [-0.39, 0.29) is 5.91 Å². The molecule has 0 atom stereocenters. The molecule has 2 heterocycles. The van der Waals surface area contributed by atoms with Gasteiger partial charge in [0.25, 0.3) is 5.91 Å². The Morgan fingerprint density at radius 2 is 2.17 bits per heavy atom. The third-order valence-electron chi connectivity index (χ3n) is 3.07. The van der Waals surface area contributed by atoms with Gasteiger partial charge in [-0.15, -0.1) is 11.3 Å². The zero-order valence-corrected chi connectivity index (χ0v) is 12.9. The van der Waals surface area contributed by atoms with Gasteiger partial charge in [0, 0.05) is 23.2 Å². The zero-order valence-electron chi connectivity index (χ0n) is 12.1. The minimum absolute atomic E-state index is 0.292. The third kappa shape index (κ3) is 3.35. The second kappa shape index (κ2) is 6.53.